The number of H-pyrrole nitrogens is 1. The molecule has 3 N–H and O–H groups in total. The molecule has 2 heterocycles. The number of halogens is 1. The van der Waals surface area contributed by atoms with Gasteiger partial charge in [-0.2, -0.15) is 4.98 Å². The first-order chi connectivity index (χ1) is 14.4. The minimum atomic E-state index is -0.936. The number of hydrogen-bond donors (Lipinski definition) is 3. The van der Waals surface area contributed by atoms with Crippen molar-refractivity contribution in [2.45, 2.75) is 19.1 Å². The molecular formula is C19H24ClN5O5. The maximum absolute atomic E-state index is 12.5. The van der Waals surface area contributed by atoms with E-state index in [4.69, 9.17) is 21.1 Å². The summed E-state index contributed by atoms with van der Waals surface area (Å²) in [5.41, 5.74) is -0.716. The fourth-order valence-electron chi connectivity index (χ4n) is 2.95. The van der Waals surface area contributed by atoms with Crippen LogP contribution < -0.4 is 21.3 Å². The molecule has 0 aliphatic rings. The van der Waals surface area contributed by atoms with E-state index in [1.165, 1.54) is 11.6 Å². The van der Waals surface area contributed by atoms with Crippen LogP contribution in [-0.4, -0.2) is 57.2 Å². The third-order valence-corrected chi connectivity index (χ3v) is 4.72. The maximum atomic E-state index is 12.5. The molecule has 3 rings (SSSR count). The van der Waals surface area contributed by atoms with E-state index in [0.717, 1.165) is 6.42 Å². The highest BCUT2D eigenvalue weighted by Gasteiger charge is 2.19. The number of nitrogens with zero attached hydrogens (tertiary/aromatic N) is 3. The summed E-state index contributed by atoms with van der Waals surface area (Å²) in [6.07, 6.45) is -0.216. The summed E-state index contributed by atoms with van der Waals surface area (Å²) >= 11 is 5.86. The van der Waals surface area contributed by atoms with Gasteiger partial charge in [0, 0.05) is 32.3 Å². The minimum absolute atomic E-state index is 0.00586. The average Bonchev–Trinajstić information content (AvgIpc) is 3.08. The van der Waals surface area contributed by atoms with E-state index in [-0.39, 0.29) is 24.3 Å². The van der Waals surface area contributed by atoms with Crippen LogP contribution in [0, 0.1) is 0 Å². The molecule has 1 aromatic carbocycles. The lowest BCUT2D eigenvalue weighted by Crippen LogP contribution is -2.31. The van der Waals surface area contributed by atoms with Crippen LogP contribution in [-0.2, 0) is 18.3 Å². The Bertz CT molecular complexity index is 1110. The standard InChI is InChI=1S/C19H24ClN5O5/c1-24-16-15(17(27)23-19(24)28)25(18(22-16)21-8-3-9-29-2)10-13(26)11-30-14-6-4-12(20)5-7-14/h4-7,13,26H,3,8-11H2,1-2H3,(H,21,22)(H,23,27,28). The summed E-state index contributed by atoms with van der Waals surface area (Å²) in [7, 11) is 3.13. The van der Waals surface area contributed by atoms with Gasteiger partial charge >= 0.3 is 5.69 Å². The number of methoxy groups -OCH3 is 1. The fourth-order valence-corrected chi connectivity index (χ4v) is 3.08. The van der Waals surface area contributed by atoms with Gasteiger partial charge in [-0.15, -0.1) is 0 Å². The zero-order valence-electron chi connectivity index (χ0n) is 16.7. The molecule has 0 fully saturated rings. The first kappa shape index (κ1) is 21.9. The molecule has 3 aromatic rings. The van der Waals surface area contributed by atoms with Gasteiger partial charge in [0.1, 0.15) is 18.5 Å². The summed E-state index contributed by atoms with van der Waals surface area (Å²) in [6.45, 7) is 1.14. The molecule has 0 aliphatic carbocycles. The van der Waals surface area contributed by atoms with Gasteiger partial charge in [-0.3, -0.25) is 14.3 Å². The Labute approximate surface area is 177 Å². The summed E-state index contributed by atoms with van der Waals surface area (Å²) < 4.78 is 13.4. The highest BCUT2D eigenvalue weighted by molar-refractivity contribution is 6.30. The highest BCUT2D eigenvalue weighted by atomic mass is 35.5. The third-order valence-electron chi connectivity index (χ3n) is 4.46. The predicted octanol–water partition coefficient (Wildman–Crippen LogP) is 0.965. The number of aryl methyl sites for hydroxylation is 1. The Hall–Kier alpha value is -2.82. The number of nitrogens with one attached hydrogen (secondary N) is 2. The maximum Gasteiger partial charge on any atom is 0.329 e. The average molecular weight is 438 g/mol. The van der Waals surface area contributed by atoms with E-state index in [9.17, 15) is 14.7 Å². The lowest BCUT2D eigenvalue weighted by molar-refractivity contribution is 0.0938. The summed E-state index contributed by atoms with van der Waals surface area (Å²) in [6, 6.07) is 6.78. The third kappa shape index (κ3) is 5.02. The highest BCUT2D eigenvalue weighted by Crippen LogP contribution is 2.18. The molecule has 10 nitrogen and oxygen atoms in total. The number of benzene rings is 1. The lowest BCUT2D eigenvalue weighted by atomic mass is 10.3. The summed E-state index contributed by atoms with van der Waals surface area (Å²) in [5.74, 6) is 0.936. The molecule has 0 amide bonds. The molecular weight excluding hydrogens is 414 g/mol. The first-order valence-electron chi connectivity index (χ1n) is 9.39. The Kier molecular flexibility index (Phi) is 7.14. The quantitative estimate of drug-likeness (QED) is 0.404. The van der Waals surface area contributed by atoms with Gasteiger partial charge in [0.25, 0.3) is 5.56 Å². The fraction of sp³-hybridized carbons (Fsp3) is 0.421. The molecule has 0 saturated carbocycles. The van der Waals surface area contributed by atoms with Crippen LogP contribution in [0.5, 0.6) is 5.75 Å². The van der Waals surface area contributed by atoms with Crippen molar-refractivity contribution in [1.29, 1.82) is 0 Å². The topological polar surface area (TPSA) is 123 Å². The normalized spacial score (nSPS) is 12.3. The number of aliphatic hydroxyl groups is 1. The summed E-state index contributed by atoms with van der Waals surface area (Å²) in [5, 5.41) is 14.2. The van der Waals surface area contributed by atoms with Crippen molar-refractivity contribution in [3.63, 3.8) is 0 Å². The Morgan fingerprint density at radius 1 is 1.30 bits per heavy atom. The van der Waals surface area contributed by atoms with Crippen molar-refractivity contribution >= 4 is 28.7 Å². The molecule has 30 heavy (non-hydrogen) atoms. The molecule has 162 valence electrons. The van der Waals surface area contributed by atoms with Crippen LogP contribution in [0.15, 0.2) is 33.9 Å². The SMILES string of the molecule is COCCCNc1nc2c(c(=O)[nH]c(=O)n2C)n1CC(O)COc1ccc(Cl)cc1. The molecule has 11 heteroatoms. The number of imidazole rings is 1. The number of rotatable bonds is 10. The largest absolute Gasteiger partial charge is 0.491 e. The number of aromatic amines is 1. The molecule has 0 aliphatic heterocycles. The van der Waals surface area contributed by atoms with Crippen molar-refractivity contribution in [2.24, 2.45) is 7.05 Å². The first-order valence-corrected chi connectivity index (χ1v) is 9.77. The zero-order valence-corrected chi connectivity index (χ0v) is 17.5. The van der Waals surface area contributed by atoms with Crippen LogP contribution >= 0.6 is 11.6 Å². The number of aliphatic hydroxyl groups excluding tert-OH is 1. The van der Waals surface area contributed by atoms with Crippen molar-refractivity contribution in [3.8, 4) is 5.75 Å². The Morgan fingerprint density at radius 3 is 2.73 bits per heavy atom. The molecule has 0 spiro atoms. The summed E-state index contributed by atoms with van der Waals surface area (Å²) in [4.78, 5) is 31.0. The predicted molar refractivity (Wildman–Crippen MR) is 114 cm³/mol. The molecule has 2 aromatic heterocycles. The second-order valence-electron chi connectivity index (χ2n) is 6.73. The second-order valence-corrected chi connectivity index (χ2v) is 7.16. The smallest absolute Gasteiger partial charge is 0.329 e. The van der Waals surface area contributed by atoms with E-state index in [0.29, 0.717) is 29.9 Å². The van der Waals surface area contributed by atoms with E-state index in [1.807, 2.05) is 0 Å². The number of anilines is 1. The lowest BCUT2D eigenvalue weighted by Gasteiger charge is -2.16. The van der Waals surface area contributed by atoms with Crippen LogP contribution in [0.3, 0.4) is 0 Å². The van der Waals surface area contributed by atoms with Crippen LogP contribution in [0.4, 0.5) is 5.95 Å². The van der Waals surface area contributed by atoms with E-state index in [2.05, 4.69) is 15.3 Å². The van der Waals surface area contributed by atoms with E-state index < -0.39 is 17.4 Å². The molecule has 0 saturated heterocycles. The Balaban J connectivity index is 1.84. The monoisotopic (exact) mass is 437 g/mol. The van der Waals surface area contributed by atoms with Gasteiger partial charge in [0.15, 0.2) is 11.2 Å². The molecule has 1 atom stereocenters. The van der Waals surface area contributed by atoms with Gasteiger partial charge in [-0.1, -0.05) is 11.6 Å². The van der Waals surface area contributed by atoms with Crippen molar-refractivity contribution in [2.75, 3.05) is 32.2 Å². The number of aromatic nitrogens is 4. The zero-order chi connectivity index (χ0) is 21.7. The number of fused-ring (bicyclic) bond motifs is 1. The van der Waals surface area contributed by atoms with Gasteiger partial charge in [0.2, 0.25) is 5.95 Å². The number of hydrogen-bond acceptors (Lipinski definition) is 7. The van der Waals surface area contributed by atoms with Crippen LogP contribution in [0.2, 0.25) is 5.02 Å². The van der Waals surface area contributed by atoms with Gasteiger partial charge in [-0.25, -0.2) is 4.79 Å². The Morgan fingerprint density at radius 2 is 2.03 bits per heavy atom. The molecule has 0 bridgehead atoms. The van der Waals surface area contributed by atoms with E-state index in [1.54, 1.807) is 35.9 Å². The molecule has 1 unspecified atom stereocenters. The number of ether oxygens (including phenoxy) is 2. The van der Waals surface area contributed by atoms with Crippen LogP contribution in [0.25, 0.3) is 11.2 Å². The van der Waals surface area contributed by atoms with Gasteiger partial charge in [0.05, 0.1) is 6.54 Å². The van der Waals surface area contributed by atoms with Crippen molar-refractivity contribution in [3.05, 3.63) is 50.1 Å². The van der Waals surface area contributed by atoms with Crippen molar-refractivity contribution in [1.82, 2.24) is 19.1 Å². The van der Waals surface area contributed by atoms with Gasteiger partial charge < -0.3 is 24.5 Å². The van der Waals surface area contributed by atoms with Gasteiger partial charge in [-0.05, 0) is 30.7 Å². The second kappa shape index (κ2) is 9.79. The molecule has 0 radical (unpaired) electrons. The van der Waals surface area contributed by atoms with Crippen molar-refractivity contribution < 1.29 is 14.6 Å². The minimum Gasteiger partial charge on any atom is -0.491 e. The van der Waals surface area contributed by atoms with E-state index >= 15 is 0 Å². The van der Waals surface area contributed by atoms with Crippen LogP contribution in [0.1, 0.15) is 6.42 Å².